The summed E-state index contributed by atoms with van der Waals surface area (Å²) in [5.41, 5.74) is 7.75. The Bertz CT molecular complexity index is 649. The van der Waals surface area contributed by atoms with Crippen molar-refractivity contribution >= 4 is 17.5 Å². The van der Waals surface area contributed by atoms with Gasteiger partial charge in [0.05, 0.1) is 0 Å². The second-order valence-corrected chi connectivity index (χ2v) is 4.55. The van der Waals surface area contributed by atoms with E-state index in [1.54, 1.807) is 0 Å². The molecule has 0 unspecified atom stereocenters. The van der Waals surface area contributed by atoms with Crippen LogP contribution in [0.5, 0.6) is 0 Å². The predicted molar refractivity (Wildman–Crippen MR) is 71.0 cm³/mol. The lowest BCUT2D eigenvalue weighted by molar-refractivity contribution is 0.738. The molecule has 0 aliphatic carbocycles. The van der Waals surface area contributed by atoms with Crippen LogP contribution in [0, 0.1) is 0 Å². The van der Waals surface area contributed by atoms with Gasteiger partial charge in [0.25, 0.3) is 5.56 Å². The highest BCUT2D eigenvalue weighted by Gasteiger charge is 2.28. The molecule has 18 heavy (non-hydrogen) atoms. The smallest absolute Gasteiger partial charge is 0.254 e. The van der Waals surface area contributed by atoms with Crippen molar-refractivity contribution in [1.82, 2.24) is 9.97 Å². The zero-order valence-corrected chi connectivity index (χ0v) is 10.1. The first-order valence-corrected chi connectivity index (χ1v) is 5.89. The number of aromatic amines is 1. The van der Waals surface area contributed by atoms with E-state index in [9.17, 15) is 4.79 Å². The Morgan fingerprint density at radius 2 is 2.22 bits per heavy atom. The van der Waals surface area contributed by atoms with Crippen molar-refractivity contribution in [2.24, 2.45) is 0 Å². The summed E-state index contributed by atoms with van der Waals surface area (Å²) in [5.74, 6) is 0.753. The van der Waals surface area contributed by atoms with Crippen molar-refractivity contribution in [3.05, 3.63) is 46.2 Å². The fraction of sp³-hybridized carbons (Fsp3) is 0.231. The van der Waals surface area contributed by atoms with Crippen LogP contribution in [-0.2, 0) is 6.42 Å². The first kappa shape index (κ1) is 10.8. The molecule has 0 spiro atoms. The molecule has 1 aromatic heterocycles. The molecule has 1 aliphatic heterocycles. The van der Waals surface area contributed by atoms with Crippen molar-refractivity contribution in [2.45, 2.75) is 19.4 Å². The second kappa shape index (κ2) is 3.87. The van der Waals surface area contributed by atoms with Crippen LogP contribution in [0.3, 0.4) is 0 Å². The van der Waals surface area contributed by atoms with Crippen LogP contribution in [0.15, 0.2) is 35.1 Å². The monoisotopic (exact) mass is 242 g/mol. The Kier molecular flexibility index (Phi) is 2.33. The maximum absolute atomic E-state index is 11.5. The number of aromatic nitrogens is 2. The van der Waals surface area contributed by atoms with Crippen LogP contribution >= 0.6 is 0 Å². The zero-order valence-electron chi connectivity index (χ0n) is 10.1. The summed E-state index contributed by atoms with van der Waals surface area (Å²) >= 11 is 0. The minimum absolute atomic E-state index is 0.228. The molecule has 5 nitrogen and oxygen atoms in total. The van der Waals surface area contributed by atoms with Crippen molar-refractivity contribution < 1.29 is 0 Å². The van der Waals surface area contributed by atoms with Crippen LogP contribution in [-0.4, -0.2) is 16.0 Å². The standard InChI is InChI=1S/C13H14N4O/c1-8-6-9-4-2-3-5-10(9)17(8)13-15-11(14)7-12(18)16-13/h2-5,7-8H,6H2,1H3,(H3,14,15,16,18)/t8-/m0/s1. The topological polar surface area (TPSA) is 75.0 Å². The molecule has 0 saturated heterocycles. The molecule has 3 rings (SSSR count). The van der Waals surface area contributed by atoms with Crippen molar-refractivity contribution in [3.8, 4) is 0 Å². The lowest BCUT2D eigenvalue weighted by atomic mass is 10.1. The molecule has 2 aromatic rings. The fourth-order valence-electron chi connectivity index (χ4n) is 2.47. The number of H-pyrrole nitrogens is 1. The van der Waals surface area contributed by atoms with Crippen molar-refractivity contribution in [1.29, 1.82) is 0 Å². The fourth-order valence-corrected chi connectivity index (χ4v) is 2.47. The van der Waals surface area contributed by atoms with Gasteiger partial charge in [0.2, 0.25) is 5.95 Å². The summed E-state index contributed by atoms with van der Waals surface area (Å²) in [4.78, 5) is 20.5. The van der Waals surface area contributed by atoms with Gasteiger partial charge in [-0.15, -0.1) is 0 Å². The molecule has 0 bridgehead atoms. The molecule has 5 heteroatoms. The molecule has 2 heterocycles. The highest BCUT2D eigenvalue weighted by Crippen LogP contribution is 2.35. The number of nitrogens with one attached hydrogen (secondary N) is 1. The summed E-state index contributed by atoms with van der Waals surface area (Å²) in [6.07, 6.45) is 0.939. The van der Waals surface area contributed by atoms with Gasteiger partial charge in [-0.2, -0.15) is 4.98 Å². The molecule has 1 aromatic carbocycles. The molecule has 3 N–H and O–H groups in total. The minimum Gasteiger partial charge on any atom is -0.383 e. The largest absolute Gasteiger partial charge is 0.383 e. The van der Waals surface area contributed by atoms with Crippen LogP contribution in [0.1, 0.15) is 12.5 Å². The van der Waals surface area contributed by atoms with Gasteiger partial charge in [0, 0.05) is 17.8 Å². The highest BCUT2D eigenvalue weighted by molar-refractivity contribution is 5.67. The number of para-hydroxylation sites is 1. The lowest BCUT2D eigenvalue weighted by Crippen LogP contribution is -2.28. The first-order valence-electron chi connectivity index (χ1n) is 5.89. The summed E-state index contributed by atoms with van der Waals surface area (Å²) < 4.78 is 0. The van der Waals surface area contributed by atoms with E-state index in [4.69, 9.17) is 5.73 Å². The minimum atomic E-state index is -0.228. The molecular weight excluding hydrogens is 228 g/mol. The third-order valence-corrected chi connectivity index (χ3v) is 3.18. The molecular formula is C13H14N4O. The number of nitrogens with two attached hydrogens (primary N) is 1. The highest BCUT2D eigenvalue weighted by atomic mass is 16.1. The summed E-state index contributed by atoms with van der Waals surface area (Å²) in [7, 11) is 0. The SMILES string of the molecule is C[C@H]1Cc2ccccc2N1c1nc(N)cc(=O)[nH]1. The number of nitrogen functional groups attached to an aromatic ring is 1. The molecule has 92 valence electrons. The molecule has 0 amide bonds. The van der Waals surface area contributed by atoms with E-state index in [2.05, 4.69) is 23.0 Å². The molecule has 0 radical (unpaired) electrons. The maximum atomic E-state index is 11.5. The number of fused-ring (bicyclic) bond motifs is 1. The summed E-state index contributed by atoms with van der Waals surface area (Å²) in [6, 6.07) is 9.67. The first-order chi connectivity index (χ1) is 8.65. The number of anilines is 3. The quantitative estimate of drug-likeness (QED) is 0.793. The van der Waals surface area contributed by atoms with Gasteiger partial charge < -0.3 is 10.6 Å². The average molecular weight is 242 g/mol. The van der Waals surface area contributed by atoms with Gasteiger partial charge in [0.15, 0.2) is 0 Å². The summed E-state index contributed by atoms with van der Waals surface area (Å²) in [6.45, 7) is 2.10. The predicted octanol–water partition coefficient (Wildman–Crippen LogP) is 1.43. The van der Waals surface area contributed by atoms with Crippen LogP contribution in [0.4, 0.5) is 17.5 Å². The van der Waals surface area contributed by atoms with Gasteiger partial charge in [-0.3, -0.25) is 9.78 Å². The number of benzene rings is 1. The Hall–Kier alpha value is -2.30. The Balaban J connectivity index is 2.14. The van der Waals surface area contributed by atoms with Gasteiger partial charge in [0.1, 0.15) is 5.82 Å². The number of hydrogen-bond donors (Lipinski definition) is 2. The van der Waals surface area contributed by atoms with Crippen LogP contribution < -0.4 is 16.2 Å². The molecule has 1 aliphatic rings. The van der Waals surface area contributed by atoms with E-state index in [0.29, 0.717) is 5.95 Å². The zero-order chi connectivity index (χ0) is 12.7. The normalized spacial score (nSPS) is 17.8. The molecule has 1 atom stereocenters. The van der Waals surface area contributed by atoms with E-state index < -0.39 is 0 Å². The van der Waals surface area contributed by atoms with Gasteiger partial charge in [-0.25, -0.2) is 0 Å². The van der Waals surface area contributed by atoms with E-state index in [-0.39, 0.29) is 17.4 Å². The van der Waals surface area contributed by atoms with Gasteiger partial charge in [-0.1, -0.05) is 18.2 Å². The van der Waals surface area contributed by atoms with Crippen LogP contribution in [0.25, 0.3) is 0 Å². The second-order valence-electron chi connectivity index (χ2n) is 4.55. The maximum Gasteiger partial charge on any atom is 0.254 e. The third-order valence-electron chi connectivity index (χ3n) is 3.18. The van der Waals surface area contributed by atoms with Crippen molar-refractivity contribution in [3.63, 3.8) is 0 Å². The number of nitrogens with zero attached hydrogens (tertiary/aromatic N) is 2. The number of rotatable bonds is 1. The Labute approximate surface area is 104 Å². The van der Waals surface area contributed by atoms with Crippen LogP contribution in [0.2, 0.25) is 0 Å². The number of hydrogen-bond acceptors (Lipinski definition) is 4. The molecule has 0 fully saturated rings. The van der Waals surface area contributed by atoms with Gasteiger partial charge >= 0.3 is 0 Å². The summed E-state index contributed by atoms with van der Waals surface area (Å²) in [5, 5.41) is 0. The third kappa shape index (κ3) is 1.64. The van der Waals surface area contributed by atoms with E-state index in [1.165, 1.54) is 11.6 Å². The van der Waals surface area contributed by atoms with E-state index >= 15 is 0 Å². The average Bonchev–Trinajstić information content (AvgIpc) is 2.63. The van der Waals surface area contributed by atoms with Crippen molar-refractivity contribution in [2.75, 3.05) is 10.6 Å². The Morgan fingerprint density at radius 3 is 3.00 bits per heavy atom. The van der Waals surface area contributed by atoms with Gasteiger partial charge in [-0.05, 0) is 25.0 Å². The van der Waals surface area contributed by atoms with E-state index in [1.807, 2.05) is 23.1 Å². The van der Waals surface area contributed by atoms with E-state index in [0.717, 1.165) is 12.1 Å². The Morgan fingerprint density at radius 1 is 1.44 bits per heavy atom. The molecule has 0 saturated carbocycles. The lowest BCUT2D eigenvalue weighted by Gasteiger charge is -2.23.